The van der Waals surface area contributed by atoms with E-state index in [1.54, 1.807) is 42.5 Å². The van der Waals surface area contributed by atoms with Gasteiger partial charge in [-0.25, -0.2) is 13.8 Å². The van der Waals surface area contributed by atoms with Crippen LogP contribution in [0.15, 0.2) is 75.1 Å². The number of amides is 1. The second kappa shape index (κ2) is 9.86. The van der Waals surface area contributed by atoms with Crippen molar-refractivity contribution in [2.24, 2.45) is 5.10 Å². The van der Waals surface area contributed by atoms with Crippen LogP contribution in [0.3, 0.4) is 0 Å². The van der Waals surface area contributed by atoms with Crippen molar-refractivity contribution in [1.29, 1.82) is 0 Å². The summed E-state index contributed by atoms with van der Waals surface area (Å²) in [4.78, 5) is 12.8. The Hall–Kier alpha value is -3.37. The number of halogens is 1. The maximum absolute atomic E-state index is 13.4. The number of nitrogens with zero attached hydrogens (tertiary/aromatic N) is 2. The normalized spacial score (nSPS) is 12.7. The summed E-state index contributed by atoms with van der Waals surface area (Å²) in [5, 5.41) is 3.99. The fourth-order valence-corrected chi connectivity index (χ4v) is 5.15. The molecule has 8 nitrogen and oxygen atoms in total. The minimum atomic E-state index is -3.99. The second-order valence-corrected chi connectivity index (χ2v) is 10.3. The lowest BCUT2D eigenvalue weighted by atomic mass is 10.1. The number of hydrazone groups is 1. The van der Waals surface area contributed by atoms with Crippen molar-refractivity contribution in [3.8, 4) is 11.5 Å². The van der Waals surface area contributed by atoms with Crippen molar-refractivity contribution in [3.05, 3.63) is 81.8 Å². The highest BCUT2D eigenvalue weighted by Crippen LogP contribution is 2.36. The first-order valence-corrected chi connectivity index (χ1v) is 12.5. The number of benzene rings is 3. The quantitative estimate of drug-likeness (QED) is 0.356. The van der Waals surface area contributed by atoms with E-state index in [9.17, 15) is 13.2 Å². The maximum Gasteiger partial charge on any atom is 0.264 e. The summed E-state index contributed by atoms with van der Waals surface area (Å²) >= 11 is 3.43. The summed E-state index contributed by atoms with van der Waals surface area (Å²) in [6.45, 7) is 3.52. The Morgan fingerprint density at radius 1 is 1.06 bits per heavy atom. The van der Waals surface area contributed by atoms with Crippen molar-refractivity contribution >= 4 is 43.8 Å². The molecule has 0 aliphatic carbocycles. The lowest BCUT2D eigenvalue weighted by molar-refractivity contribution is -0.119. The van der Waals surface area contributed by atoms with E-state index < -0.39 is 22.5 Å². The van der Waals surface area contributed by atoms with E-state index in [4.69, 9.17) is 9.47 Å². The van der Waals surface area contributed by atoms with Crippen LogP contribution in [-0.4, -0.2) is 33.9 Å². The average Bonchev–Trinajstić information content (AvgIpc) is 3.27. The number of nitrogens with one attached hydrogen (secondary N) is 1. The maximum atomic E-state index is 13.4. The summed E-state index contributed by atoms with van der Waals surface area (Å²) in [7, 11) is -3.99. The molecular weight excluding hydrogens is 522 g/mol. The number of aryl methyl sites for hydroxylation is 2. The highest BCUT2D eigenvalue weighted by atomic mass is 79.9. The number of fused-ring (bicyclic) bond motifs is 1. The average molecular weight is 544 g/mol. The smallest absolute Gasteiger partial charge is 0.264 e. The van der Waals surface area contributed by atoms with Gasteiger partial charge < -0.3 is 9.47 Å². The fraction of sp³-hybridized carbons (Fsp3) is 0.167. The van der Waals surface area contributed by atoms with Gasteiger partial charge in [0.1, 0.15) is 6.54 Å². The zero-order valence-electron chi connectivity index (χ0n) is 18.5. The summed E-state index contributed by atoms with van der Waals surface area (Å²) in [5.74, 6) is 0.597. The molecule has 0 atom stereocenters. The van der Waals surface area contributed by atoms with E-state index >= 15 is 0 Å². The van der Waals surface area contributed by atoms with Crippen LogP contribution < -0.4 is 19.2 Å². The zero-order chi connectivity index (χ0) is 24.3. The molecule has 3 aromatic carbocycles. The number of hydrogen-bond acceptors (Lipinski definition) is 6. The predicted octanol–water partition coefficient (Wildman–Crippen LogP) is 4.14. The van der Waals surface area contributed by atoms with Crippen LogP contribution in [0.2, 0.25) is 0 Å². The standard InChI is InChI=1S/C24H22BrN3O5S/c1-16-8-9-19(10-17(16)2)28(34(30,31)20-6-4-3-5-7-20)14-24(29)27-26-13-18-11-22-23(12-21(18)25)33-15-32-22/h3-13H,14-15H2,1-2H3,(H,27,29)/b26-13-. The van der Waals surface area contributed by atoms with Crippen molar-refractivity contribution in [2.45, 2.75) is 18.7 Å². The minimum Gasteiger partial charge on any atom is -0.454 e. The van der Waals surface area contributed by atoms with E-state index in [1.807, 2.05) is 19.9 Å². The first-order chi connectivity index (χ1) is 16.3. The van der Waals surface area contributed by atoms with Gasteiger partial charge >= 0.3 is 0 Å². The molecule has 1 aliphatic rings. The molecule has 3 aromatic rings. The third-order valence-electron chi connectivity index (χ3n) is 5.28. The number of rotatable bonds is 7. The van der Waals surface area contributed by atoms with Gasteiger partial charge in [0, 0.05) is 10.0 Å². The summed E-state index contributed by atoms with van der Waals surface area (Å²) in [6.07, 6.45) is 1.44. The van der Waals surface area contributed by atoms with Crippen molar-refractivity contribution in [2.75, 3.05) is 17.6 Å². The molecule has 1 heterocycles. The molecule has 0 bridgehead atoms. The van der Waals surface area contributed by atoms with Gasteiger partial charge in [0.05, 0.1) is 16.8 Å². The Bertz CT molecular complexity index is 1360. The van der Waals surface area contributed by atoms with Crippen LogP contribution >= 0.6 is 15.9 Å². The number of sulfonamides is 1. The topological polar surface area (TPSA) is 97.3 Å². The SMILES string of the molecule is Cc1ccc(N(CC(=O)N/N=C\c2cc3c(cc2Br)OCO3)S(=O)(=O)c2ccccc2)cc1C. The Balaban J connectivity index is 1.56. The molecule has 1 N–H and O–H groups in total. The lowest BCUT2D eigenvalue weighted by Gasteiger charge is -2.24. The third kappa shape index (κ3) is 5.07. The number of anilines is 1. The molecule has 1 aliphatic heterocycles. The van der Waals surface area contributed by atoms with Crippen molar-refractivity contribution in [3.63, 3.8) is 0 Å². The number of carbonyl (C=O) groups is 1. The molecule has 0 saturated heterocycles. The van der Waals surface area contributed by atoms with Crippen LogP contribution in [0.5, 0.6) is 11.5 Å². The van der Waals surface area contributed by atoms with Crippen LogP contribution in [0.25, 0.3) is 0 Å². The van der Waals surface area contributed by atoms with Crippen LogP contribution in [0, 0.1) is 13.8 Å². The van der Waals surface area contributed by atoms with Crippen LogP contribution in [-0.2, 0) is 14.8 Å². The van der Waals surface area contributed by atoms with Gasteiger partial charge in [-0.1, -0.05) is 24.3 Å². The van der Waals surface area contributed by atoms with Crippen molar-refractivity contribution in [1.82, 2.24) is 5.43 Å². The first-order valence-electron chi connectivity index (χ1n) is 10.3. The number of ether oxygens (including phenoxy) is 2. The number of hydrogen-bond donors (Lipinski definition) is 1. The van der Waals surface area contributed by atoms with Gasteiger partial charge in [-0.3, -0.25) is 9.10 Å². The monoisotopic (exact) mass is 543 g/mol. The van der Waals surface area contributed by atoms with E-state index in [-0.39, 0.29) is 11.7 Å². The molecule has 0 unspecified atom stereocenters. The number of carbonyl (C=O) groups excluding carboxylic acids is 1. The molecule has 0 radical (unpaired) electrons. The third-order valence-corrected chi connectivity index (χ3v) is 7.76. The van der Waals surface area contributed by atoms with Crippen LogP contribution in [0.4, 0.5) is 5.69 Å². The fourth-order valence-electron chi connectivity index (χ4n) is 3.29. The molecule has 34 heavy (non-hydrogen) atoms. The molecular formula is C24H22BrN3O5S. The molecule has 0 fully saturated rings. The molecule has 176 valence electrons. The summed E-state index contributed by atoms with van der Waals surface area (Å²) < 4.78 is 39.2. The van der Waals surface area contributed by atoms with Gasteiger partial charge in [-0.05, 0) is 77.3 Å². The summed E-state index contributed by atoms with van der Waals surface area (Å²) in [6, 6.07) is 16.7. The van der Waals surface area contributed by atoms with E-state index in [0.29, 0.717) is 27.2 Å². The molecule has 0 aromatic heterocycles. The van der Waals surface area contributed by atoms with Gasteiger partial charge in [-0.15, -0.1) is 0 Å². The van der Waals surface area contributed by atoms with Gasteiger partial charge in [0.15, 0.2) is 11.5 Å². The van der Waals surface area contributed by atoms with E-state index in [0.717, 1.165) is 15.4 Å². The van der Waals surface area contributed by atoms with Gasteiger partial charge in [-0.2, -0.15) is 5.10 Å². The molecule has 1 amide bonds. The first kappa shape index (κ1) is 23.8. The highest BCUT2D eigenvalue weighted by Gasteiger charge is 2.27. The molecule has 4 rings (SSSR count). The Morgan fingerprint density at radius 3 is 2.47 bits per heavy atom. The lowest BCUT2D eigenvalue weighted by Crippen LogP contribution is -2.39. The van der Waals surface area contributed by atoms with Crippen molar-refractivity contribution < 1.29 is 22.7 Å². The minimum absolute atomic E-state index is 0.0915. The van der Waals surface area contributed by atoms with E-state index in [2.05, 4.69) is 26.5 Å². The molecule has 0 spiro atoms. The van der Waals surface area contributed by atoms with Gasteiger partial charge in [0.2, 0.25) is 6.79 Å². The summed E-state index contributed by atoms with van der Waals surface area (Å²) in [5.41, 5.74) is 5.39. The highest BCUT2D eigenvalue weighted by molar-refractivity contribution is 9.10. The molecule has 0 saturated carbocycles. The van der Waals surface area contributed by atoms with Crippen LogP contribution in [0.1, 0.15) is 16.7 Å². The predicted molar refractivity (Wildman–Crippen MR) is 133 cm³/mol. The Labute approximate surface area is 206 Å². The Morgan fingerprint density at radius 2 is 1.76 bits per heavy atom. The zero-order valence-corrected chi connectivity index (χ0v) is 20.9. The Kier molecular flexibility index (Phi) is 6.90. The second-order valence-electron chi connectivity index (χ2n) is 7.61. The molecule has 10 heteroatoms. The van der Waals surface area contributed by atoms with Gasteiger partial charge in [0.25, 0.3) is 15.9 Å². The van der Waals surface area contributed by atoms with E-state index in [1.165, 1.54) is 18.3 Å². The largest absolute Gasteiger partial charge is 0.454 e.